The van der Waals surface area contributed by atoms with Gasteiger partial charge in [0.15, 0.2) is 0 Å². The van der Waals surface area contributed by atoms with Crippen LogP contribution in [0.5, 0.6) is 0 Å². The molecular weight excluding hydrogens is 306 g/mol. The Morgan fingerprint density at radius 1 is 1.00 bits per heavy atom. The van der Waals surface area contributed by atoms with Gasteiger partial charge in [-0.25, -0.2) is 0 Å². The van der Waals surface area contributed by atoms with E-state index in [2.05, 4.69) is 64.2 Å². The van der Waals surface area contributed by atoms with Gasteiger partial charge in [0.1, 0.15) is 11.6 Å². The second-order valence-corrected chi connectivity index (χ2v) is 6.27. The molecule has 3 nitrogen and oxygen atoms in total. The zero-order valence-corrected chi connectivity index (χ0v) is 13.7. The third-order valence-corrected chi connectivity index (χ3v) is 4.52. The average Bonchev–Trinajstić information content (AvgIpc) is 2.89. The van der Waals surface area contributed by atoms with Crippen LogP contribution in [0.2, 0.25) is 5.02 Å². The van der Waals surface area contributed by atoms with Crippen LogP contribution >= 0.6 is 11.6 Å². The van der Waals surface area contributed by atoms with Gasteiger partial charge in [0.25, 0.3) is 0 Å². The molecule has 3 aromatic rings. The van der Waals surface area contributed by atoms with Gasteiger partial charge in [0.2, 0.25) is 0 Å². The summed E-state index contributed by atoms with van der Waals surface area (Å²) >= 11 is 6.05. The Morgan fingerprint density at radius 3 is 2.52 bits per heavy atom. The molecule has 23 heavy (non-hydrogen) atoms. The molecule has 0 saturated carbocycles. The van der Waals surface area contributed by atoms with E-state index >= 15 is 0 Å². The van der Waals surface area contributed by atoms with Crippen molar-refractivity contribution in [2.24, 2.45) is 0 Å². The fraction of sp³-hybridized carbons (Fsp3) is 0.158. The van der Waals surface area contributed by atoms with Crippen molar-refractivity contribution in [2.45, 2.75) is 19.8 Å². The lowest BCUT2D eigenvalue weighted by molar-refractivity contribution is 0.805. The molecule has 0 fully saturated rings. The smallest absolute Gasteiger partial charge is 0.144 e. The molecule has 0 saturated heterocycles. The van der Waals surface area contributed by atoms with Crippen molar-refractivity contribution >= 4 is 17.2 Å². The minimum atomic E-state index is 0.175. The van der Waals surface area contributed by atoms with Gasteiger partial charge in [-0.15, -0.1) is 10.2 Å². The summed E-state index contributed by atoms with van der Waals surface area (Å²) in [6.45, 7) is 4.15. The van der Waals surface area contributed by atoms with Crippen LogP contribution in [0.3, 0.4) is 0 Å². The number of allylic oxidation sites excluding steroid dienone is 1. The minimum Gasteiger partial charge on any atom is -0.282 e. The lowest BCUT2D eigenvalue weighted by Gasteiger charge is -2.13. The number of aryl methyl sites for hydroxylation is 1. The molecule has 2 aromatic carbocycles. The fourth-order valence-corrected chi connectivity index (χ4v) is 3.29. The standard InChI is InChI=1S/C19H16ClN3/c1-12-11-17(14-7-9-15(20)10-8-14)16-5-3-4-6-18(16)23-13(2)21-22-19(12)23/h3-12H,1-2H3. The number of aromatic nitrogens is 3. The van der Waals surface area contributed by atoms with Crippen LogP contribution < -0.4 is 0 Å². The molecule has 1 aliphatic heterocycles. The summed E-state index contributed by atoms with van der Waals surface area (Å²) in [4.78, 5) is 0. The molecule has 0 amide bonds. The van der Waals surface area contributed by atoms with Gasteiger partial charge in [0.05, 0.1) is 5.69 Å². The predicted molar refractivity (Wildman–Crippen MR) is 93.0 cm³/mol. The quantitative estimate of drug-likeness (QED) is 0.646. The van der Waals surface area contributed by atoms with Gasteiger partial charge in [0, 0.05) is 16.5 Å². The first-order valence-corrected chi connectivity index (χ1v) is 8.02. The number of rotatable bonds is 1. The molecule has 1 aliphatic rings. The number of nitrogens with zero attached hydrogens (tertiary/aromatic N) is 3. The minimum absolute atomic E-state index is 0.175. The van der Waals surface area contributed by atoms with Crippen molar-refractivity contribution in [2.75, 3.05) is 0 Å². The van der Waals surface area contributed by atoms with Crippen molar-refractivity contribution < 1.29 is 0 Å². The Labute approximate surface area is 140 Å². The molecule has 1 atom stereocenters. The Bertz CT molecular complexity index is 907. The molecule has 2 heterocycles. The summed E-state index contributed by atoms with van der Waals surface area (Å²) in [6.07, 6.45) is 2.26. The number of para-hydroxylation sites is 1. The number of hydrogen-bond acceptors (Lipinski definition) is 2. The van der Waals surface area contributed by atoms with Gasteiger partial charge in [-0.1, -0.05) is 54.9 Å². The van der Waals surface area contributed by atoms with E-state index in [0.717, 1.165) is 27.9 Å². The lowest BCUT2D eigenvalue weighted by Crippen LogP contribution is -2.04. The Hall–Kier alpha value is -2.39. The molecule has 1 aromatic heterocycles. The van der Waals surface area contributed by atoms with E-state index in [4.69, 9.17) is 11.6 Å². The molecule has 0 bridgehead atoms. The van der Waals surface area contributed by atoms with Crippen LogP contribution in [0, 0.1) is 6.92 Å². The zero-order chi connectivity index (χ0) is 16.0. The van der Waals surface area contributed by atoms with Gasteiger partial charge < -0.3 is 0 Å². The number of hydrogen-bond donors (Lipinski definition) is 0. The third kappa shape index (κ3) is 2.28. The first kappa shape index (κ1) is 14.2. The first-order valence-electron chi connectivity index (χ1n) is 7.64. The maximum atomic E-state index is 6.05. The number of benzene rings is 2. The Morgan fingerprint density at radius 2 is 1.74 bits per heavy atom. The van der Waals surface area contributed by atoms with Crippen LogP contribution in [0.4, 0.5) is 0 Å². The summed E-state index contributed by atoms with van der Waals surface area (Å²) in [5, 5.41) is 9.40. The average molecular weight is 322 g/mol. The Kier molecular flexibility index (Phi) is 3.31. The molecule has 0 aliphatic carbocycles. The van der Waals surface area contributed by atoms with E-state index in [-0.39, 0.29) is 5.92 Å². The molecule has 4 heteroatoms. The number of halogens is 1. The lowest BCUT2D eigenvalue weighted by atomic mass is 9.94. The first-order chi connectivity index (χ1) is 11.1. The van der Waals surface area contributed by atoms with Gasteiger partial charge >= 0.3 is 0 Å². The van der Waals surface area contributed by atoms with E-state index in [1.807, 2.05) is 19.1 Å². The van der Waals surface area contributed by atoms with Crippen LogP contribution in [-0.4, -0.2) is 14.8 Å². The van der Waals surface area contributed by atoms with Crippen molar-refractivity contribution in [3.05, 3.63) is 82.4 Å². The molecule has 0 N–H and O–H groups in total. The van der Waals surface area contributed by atoms with Crippen molar-refractivity contribution in [3.63, 3.8) is 0 Å². The fourth-order valence-electron chi connectivity index (χ4n) is 3.16. The summed E-state index contributed by atoms with van der Waals surface area (Å²) in [6, 6.07) is 16.4. The second-order valence-electron chi connectivity index (χ2n) is 5.83. The second kappa shape index (κ2) is 5.36. The highest BCUT2D eigenvalue weighted by Gasteiger charge is 2.23. The SMILES string of the molecule is Cc1nnc2n1-c1ccccc1C(c1ccc(Cl)cc1)=CC2C. The molecule has 0 spiro atoms. The van der Waals surface area contributed by atoms with Crippen LogP contribution in [0.15, 0.2) is 54.6 Å². The van der Waals surface area contributed by atoms with E-state index in [9.17, 15) is 0 Å². The largest absolute Gasteiger partial charge is 0.282 e. The maximum Gasteiger partial charge on any atom is 0.144 e. The summed E-state index contributed by atoms with van der Waals surface area (Å²) in [5.41, 5.74) is 4.67. The summed E-state index contributed by atoms with van der Waals surface area (Å²) in [5.74, 6) is 2.05. The van der Waals surface area contributed by atoms with E-state index in [1.165, 1.54) is 11.1 Å². The van der Waals surface area contributed by atoms with Crippen molar-refractivity contribution in [1.82, 2.24) is 14.8 Å². The maximum absolute atomic E-state index is 6.05. The topological polar surface area (TPSA) is 30.7 Å². The predicted octanol–water partition coefficient (Wildman–Crippen LogP) is 4.78. The highest BCUT2D eigenvalue weighted by molar-refractivity contribution is 6.30. The molecular formula is C19H16ClN3. The molecule has 114 valence electrons. The highest BCUT2D eigenvalue weighted by Crippen LogP contribution is 2.36. The molecule has 1 unspecified atom stereocenters. The van der Waals surface area contributed by atoms with Gasteiger partial charge in [-0.3, -0.25) is 4.57 Å². The van der Waals surface area contributed by atoms with Crippen LogP contribution in [0.25, 0.3) is 11.3 Å². The summed E-state index contributed by atoms with van der Waals surface area (Å²) < 4.78 is 2.15. The Balaban J connectivity index is 2.00. The summed E-state index contributed by atoms with van der Waals surface area (Å²) in [7, 11) is 0. The monoisotopic (exact) mass is 321 g/mol. The van der Waals surface area contributed by atoms with Gasteiger partial charge in [-0.05, 0) is 36.3 Å². The number of fused-ring (bicyclic) bond motifs is 3. The molecule has 0 radical (unpaired) electrons. The van der Waals surface area contributed by atoms with Crippen LogP contribution in [0.1, 0.15) is 35.6 Å². The van der Waals surface area contributed by atoms with Crippen molar-refractivity contribution in [1.29, 1.82) is 0 Å². The van der Waals surface area contributed by atoms with E-state index < -0.39 is 0 Å². The van der Waals surface area contributed by atoms with Gasteiger partial charge in [-0.2, -0.15) is 0 Å². The highest BCUT2D eigenvalue weighted by atomic mass is 35.5. The van der Waals surface area contributed by atoms with Crippen molar-refractivity contribution in [3.8, 4) is 5.69 Å². The third-order valence-electron chi connectivity index (χ3n) is 4.26. The zero-order valence-electron chi connectivity index (χ0n) is 13.0. The normalized spacial score (nSPS) is 16.3. The van der Waals surface area contributed by atoms with E-state index in [0.29, 0.717) is 0 Å². The molecule has 4 rings (SSSR count). The van der Waals surface area contributed by atoms with E-state index in [1.54, 1.807) is 0 Å². The van der Waals surface area contributed by atoms with Crippen LogP contribution in [-0.2, 0) is 0 Å².